The summed E-state index contributed by atoms with van der Waals surface area (Å²) in [5.74, 6) is -1.67. The lowest BCUT2D eigenvalue weighted by atomic mass is 9.95. The summed E-state index contributed by atoms with van der Waals surface area (Å²) >= 11 is 0. The topological polar surface area (TPSA) is 64.4 Å². The Balaban J connectivity index is 2.11. The first-order valence-corrected chi connectivity index (χ1v) is 7.30. The van der Waals surface area contributed by atoms with Crippen molar-refractivity contribution in [3.8, 4) is 5.75 Å². The van der Waals surface area contributed by atoms with Gasteiger partial charge in [-0.2, -0.15) is 13.2 Å². The molecule has 23 heavy (non-hydrogen) atoms. The Labute approximate surface area is 131 Å². The van der Waals surface area contributed by atoms with Crippen LogP contribution < -0.4 is 15.8 Å². The SMILES string of the molecule is NC[C@H]1CCC[C@H]1C(=O)Nc1ccc(F)cc1OCC(F)(F)F. The summed E-state index contributed by atoms with van der Waals surface area (Å²) < 4.78 is 54.6. The predicted molar refractivity (Wildman–Crippen MR) is 76.5 cm³/mol. The van der Waals surface area contributed by atoms with Crippen molar-refractivity contribution in [3.63, 3.8) is 0 Å². The Kier molecular flexibility index (Phi) is 5.46. The second-order valence-electron chi connectivity index (χ2n) is 5.57. The molecule has 0 heterocycles. The molecule has 8 heteroatoms. The van der Waals surface area contributed by atoms with E-state index >= 15 is 0 Å². The van der Waals surface area contributed by atoms with E-state index in [-0.39, 0.29) is 29.2 Å². The van der Waals surface area contributed by atoms with Crippen molar-refractivity contribution in [2.45, 2.75) is 25.4 Å². The van der Waals surface area contributed by atoms with Crippen LogP contribution in [0.3, 0.4) is 0 Å². The highest BCUT2D eigenvalue weighted by Gasteiger charge is 2.33. The van der Waals surface area contributed by atoms with Gasteiger partial charge in [0.2, 0.25) is 5.91 Å². The molecule has 1 amide bonds. The molecular weight excluding hydrogens is 316 g/mol. The molecule has 0 radical (unpaired) electrons. The number of rotatable bonds is 5. The summed E-state index contributed by atoms with van der Waals surface area (Å²) in [6.07, 6.45) is -2.16. The molecule has 1 aromatic carbocycles. The lowest BCUT2D eigenvalue weighted by Gasteiger charge is -2.19. The van der Waals surface area contributed by atoms with Gasteiger partial charge in [-0.05, 0) is 37.4 Å². The lowest BCUT2D eigenvalue weighted by Crippen LogP contribution is -2.30. The third-order valence-corrected chi connectivity index (χ3v) is 3.89. The fraction of sp³-hybridized carbons (Fsp3) is 0.533. The van der Waals surface area contributed by atoms with E-state index in [1.54, 1.807) is 0 Å². The van der Waals surface area contributed by atoms with Crippen LogP contribution in [-0.4, -0.2) is 25.2 Å². The number of nitrogens with one attached hydrogen (secondary N) is 1. The van der Waals surface area contributed by atoms with E-state index in [2.05, 4.69) is 10.1 Å². The number of hydrogen-bond donors (Lipinski definition) is 2. The molecule has 4 nitrogen and oxygen atoms in total. The summed E-state index contributed by atoms with van der Waals surface area (Å²) in [6.45, 7) is -1.19. The fourth-order valence-corrected chi connectivity index (χ4v) is 2.77. The van der Waals surface area contributed by atoms with E-state index in [0.717, 1.165) is 25.0 Å². The van der Waals surface area contributed by atoms with Crippen molar-refractivity contribution in [1.82, 2.24) is 0 Å². The number of nitrogens with two attached hydrogens (primary N) is 1. The largest absolute Gasteiger partial charge is 0.482 e. The average Bonchev–Trinajstić information content (AvgIpc) is 2.95. The van der Waals surface area contributed by atoms with Gasteiger partial charge in [0.1, 0.15) is 11.6 Å². The highest BCUT2D eigenvalue weighted by Crippen LogP contribution is 2.33. The van der Waals surface area contributed by atoms with Gasteiger partial charge in [0.15, 0.2) is 6.61 Å². The number of anilines is 1. The van der Waals surface area contributed by atoms with Crippen LogP contribution in [0.1, 0.15) is 19.3 Å². The van der Waals surface area contributed by atoms with Gasteiger partial charge in [-0.25, -0.2) is 4.39 Å². The standard InChI is InChI=1S/C15H18F4N2O2/c16-10-4-5-12(13(6-10)23-8-15(17,18)19)21-14(22)11-3-1-2-9(11)7-20/h4-6,9,11H,1-3,7-8,20H2,(H,21,22)/t9-,11-/m1/s1. The lowest BCUT2D eigenvalue weighted by molar-refractivity contribution is -0.153. The van der Waals surface area contributed by atoms with Crippen LogP contribution in [0.15, 0.2) is 18.2 Å². The molecule has 2 rings (SSSR count). The maximum Gasteiger partial charge on any atom is 0.422 e. The quantitative estimate of drug-likeness (QED) is 0.814. The molecule has 2 atom stereocenters. The second-order valence-corrected chi connectivity index (χ2v) is 5.57. The van der Waals surface area contributed by atoms with Crippen LogP contribution >= 0.6 is 0 Å². The first-order valence-electron chi connectivity index (χ1n) is 7.30. The van der Waals surface area contributed by atoms with E-state index in [1.165, 1.54) is 6.07 Å². The van der Waals surface area contributed by atoms with E-state index in [0.29, 0.717) is 13.0 Å². The number of alkyl halides is 3. The molecule has 3 N–H and O–H groups in total. The number of halogens is 4. The molecule has 0 aromatic heterocycles. The van der Waals surface area contributed by atoms with Crippen LogP contribution in [0.25, 0.3) is 0 Å². The summed E-state index contributed by atoms with van der Waals surface area (Å²) in [5.41, 5.74) is 5.64. The van der Waals surface area contributed by atoms with Crippen molar-refractivity contribution in [3.05, 3.63) is 24.0 Å². The van der Waals surface area contributed by atoms with Crippen LogP contribution in [0.2, 0.25) is 0 Å². The molecule has 1 aromatic rings. The molecule has 1 fully saturated rings. The third-order valence-electron chi connectivity index (χ3n) is 3.89. The number of amides is 1. The molecule has 0 bridgehead atoms. The number of hydrogen-bond acceptors (Lipinski definition) is 3. The molecule has 0 saturated heterocycles. The van der Waals surface area contributed by atoms with Crippen molar-refractivity contribution in [1.29, 1.82) is 0 Å². The van der Waals surface area contributed by atoms with Gasteiger partial charge in [0.05, 0.1) is 5.69 Å². The first-order chi connectivity index (χ1) is 10.8. The van der Waals surface area contributed by atoms with Crippen LogP contribution in [0.5, 0.6) is 5.75 Å². The number of benzene rings is 1. The van der Waals surface area contributed by atoms with Crippen LogP contribution in [0.4, 0.5) is 23.2 Å². The Morgan fingerprint density at radius 3 is 2.74 bits per heavy atom. The average molecular weight is 334 g/mol. The minimum absolute atomic E-state index is 0.0170. The molecular formula is C15H18F4N2O2. The maximum atomic E-state index is 13.2. The van der Waals surface area contributed by atoms with Crippen molar-refractivity contribution < 1.29 is 27.1 Å². The zero-order valence-corrected chi connectivity index (χ0v) is 12.3. The van der Waals surface area contributed by atoms with Gasteiger partial charge in [-0.1, -0.05) is 6.42 Å². The molecule has 1 saturated carbocycles. The van der Waals surface area contributed by atoms with Crippen LogP contribution in [0, 0.1) is 17.7 Å². The maximum absolute atomic E-state index is 13.2. The zero-order valence-electron chi connectivity index (χ0n) is 12.3. The smallest absolute Gasteiger partial charge is 0.422 e. The predicted octanol–water partition coefficient (Wildman–Crippen LogP) is 3.08. The van der Waals surface area contributed by atoms with E-state index in [1.807, 2.05) is 0 Å². The van der Waals surface area contributed by atoms with Crippen molar-refractivity contribution in [2.75, 3.05) is 18.5 Å². The highest BCUT2D eigenvalue weighted by atomic mass is 19.4. The summed E-state index contributed by atoms with van der Waals surface area (Å²) in [4.78, 5) is 12.3. The van der Waals surface area contributed by atoms with Crippen molar-refractivity contribution in [2.24, 2.45) is 17.6 Å². The highest BCUT2D eigenvalue weighted by molar-refractivity contribution is 5.94. The molecule has 128 valence electrons. The van der Waals surface area contributed by atoms with Gasteiger partial charge < -0.3 is 15.8 Å². The molecule has 0 unspecified atom stereocenters. The normalized spacial score (nSPS) is 21.3. The molecule has 0 spiro atoms. The third kappa shape index (κ3) is 4.82. The van der Waals surface area contributed by atoms with Crippen LogP contribution in [-0.2, 0) is 4.79 Å². The Morgan fingerprint density at radius 1 is 1.35 bits per heavy atom. The van der Waals surface area contributed by atoms with Gasteiger partial charge in [0.25, 0.3) is 0 Å². The van der Waals surface area contributed by atoms with Gasteiger partial charge in [0, 0.05) is 12.0 Å². The molecule has 1 aliphatic carbocycles. The zero-order chi connectivity index (χ0) is 17.0. The molecule has 0 aliphatic heterocycles. The number of ether oxygens (including phenoxy) is 1. The number of carbonyl (C=O) groups excluding carboxylic acids is 1. The Hall–Kier alpha value is -1.83. The second kappa shape index (κ2) is 7.16. The fourth-order valence-electron chi connectivity index (χ4n) is 2.77. The monoisotopic (exact) mass is 334 g/mol. The number of carbonyl (C=O) groups is 1. The minimum atomic E-state index is -4.55. The summed E-state index contributed by atoms with van der Waals surface area (Å²) in [7, 11) is 0. The Morgan fingerprint density at radius 2 is 2.09 bits per heavy atom. The summed E-state index contributed by atoms with van der Waals surface area (Å²) in [6, 6.07) is 3.05. The van der Waals surface area contributed by atoms with Gasteiger partial charge in [-0.15, -0.1) is 0 Å². The van der Waals surface area contributed by atoms with Gasteiger partial charge in [-0.3, -0.25) is 4.79 Å². The van der Waals surface area contributed by atoms with E-state index in [9.17, 15) is 22.4 Å². The summed E-state index contributed by atoms with van der Waals surface area (Å²) in [5, 5.41) is 2.53. The van der Waals surface area contributed by atoms with E-state index < -0.39 is 18.6 Å². The van der Waals surface area contributed by atoms with Gasteiger partial charge >= 0.3 is 6.18 Å². The molecule has 1 aliphatic rings. The minimum Gasteiger partial charge on any atom is -0.482 e. The van der Waals surface area contributed by atoms with E-state index in [4.69, 9.17) is 5.73 Å². The Bertz CT molecular complexity index is 563. The first kappa shape index (κ1) is 17.5. The van der Waals surface area contributed by atoms with Crippen molar-refractivity contribution >= 4 is 11.6 Å².